The van der Waals surface area contributed by atoms with Crippen molar-refractivity contribution >= 4 is 0 Å². The van der Waals surface area contributed by atoms with Crippen molar-refractivity contribution in [2.75, 3.05) is 6.61 Å². The zero-order chi connectivity index (χ0) is 13.8. The normalized spacial score (nSPS) is 21.7. The maximum absolute atomic E-state index is 9.66. The lowest BCUT2D eigenvalue weighted by Crippen LogP contribution is -2.50. The SMILES string of the molecule is CC(C)(C)C[C@@H](O)[C@H](O)[C@H](O)[C@@H](O)[C@@H](O)CO. The quantitative estimate of drug-likeness (QED) is 0.332. The van der Waals surface area contributed by atoms with Gasteiger partial charge in [-0.3, -0.25) is 0 Å². The van der Waals surface area contributed by atoms with Crippen molar-refractivity contribution < 1.29 is 30.6 Å². The molecule has 0 unspecified atom stereocenters. The minimum atomic E-state index is -1.71. The second kappa shape index (κ2) is 6.63. The first kappa shape index (κ1) is 16.8. The zero-order valence-electron chi connectivity index (χ0n) is 10.5. The molecule has 0 aromatic heterocycles. The van der Waals surface area contributed by atoms with Gasteiger partial charge in [-0.2, -0.15) is 0 Å². The standard InChI is InChI=1S/C11H24O6/c1-11(2,3)4-6(13)8(15)10(17)9(16)7(14)5-12/h6-10,12-17H,4-5H2,1-3H3/t6-,7+,8+,9+,10+/m1/s1. The van der Waals surface area contributed by atoms with E-state index < -0.39 is 37.1 Å². The van der Waals surface area contributed by atoms with E-state index in [1.165, 1.54) is 0 Å². The Hall–Kier alpha value is -0.240. The fraction of sp³-hybridized carbons (Fsp3) is 1.00. The molecule has 0 fully saturated rings. The van der Waals surface area contributed by atoms with Crippen LogP contribution >= 0.6 is 0 Å². The van der Waals surface area contributed by atoms with Crippen molar-refractivity contribution in [3.05, 3.63) is 0 Å². The van der Waals surface area contributed by atoms with Gasteiger partial charge < -0.3 is 30.6 Å². The molecular weight excluding hydrogens is 228 g/mol. The summed E-state index contributed by atoms with van der Waals surface area (Å²) in [6.07, 6.45) is -7.54. The molecule has 0 aliphatic rings. The van der Waals surface area contributed by atoms with E-state index >= 15 is 0 Å². The van der Waals surface area contributed by atoms with E-state index in [-0.39, 0.29) is 11.8 Å². The predicted molar refractivity (Wildman–Crippen MR) is 61.2 cm³/mol. The van der Waals surface area contributed by atoms with Crippen LogP contribution in [0.4, 0.5) is 0 Å². The van der Waals surface area contributed by atoms with E-state index in [9.17, 15) is 20.4 Å². The summed E-state index contributed by atoms with van der Waals surface area (Å²) in [6.45, 7) is 4.83. The van der Waals surface area contributed by atoms with Gasteiger partial charge >= 0.3 is 0 Å². The first-order valence-electron chi connectivity index (χ1n) is 5.61. The Morgan fingerprint density at radius 3 is 1.53 bits per heavy atom. The monoisotopic (exact) mass is 252 g/mol. The van der Waals surface area contributed by atoms with Crippen LogP contribution in [-0.2, 0) is 0 Å². The number of hydrogen-bond acceptors (Lipinski definition) is 6. The maximum Gasteiger partial charge on any atom is 0.111 e. The van der Waals surface area contributed by atoms with Crippen LogP contribution in [0.1, 0.15) is 27.2 Å². The van der Waals surface area contributed by atoms with Gasteiger partial charge in [0.1, 0.15) is 24.4 Å². The molecule has 6 N–H and O–H groups in total. The third kappa shape index (κ3) is 5.76. The van der Waals surface area contributed by atoms with E-state index in [1.54, 1.807) is 0 Å². The van der Waals surface area contributed by atoms with Gasteiger partial charge in [-0.25, -0.2) is 0 Å². The third-order valence-corrected chi connectivity index (χ3v) is 2.50. The molecule has 6 nitrogen and oxygen atoms in total. The molecule has 0 radical (unpaired) electrons. The lowest BCUT2D eigenvalue weighted by Gasteiger charge is -2.31. The van der Waals surface area contributed by atoms with Gasteiger partial charge in [0.25, 0.3) is 0 Å². The zero-order valence-corrected chi connectivity index (χ0v) is 10.5. The summed E-state index contributed by atoms with van der Waals surface area (Å²) in [7, 11) is 0. The van der Waals surface area contributed by atoms with E-state index in [0.717, 1.165) is 0 Å². The largest absolute Gasteiger partial charge is 0.394 e. The van der Waals surface area contributed by atoms with E-state index in [0.29, 0.717) is 0 Å². The van der Waals surface area contributed by atoms with Gasteiger partial charge in [0.2, 0.25) is 0 Å². The minimum absolute atomic E-state index is 0.229. The van der Waals surface area contributed by atoms with Crippen molar-refractivity contribution in [3.63, 3.8) is 0 Å². The van der Waals surface area contributed by atoms with Gasteiger partial charge in [0.05, 0.1) is 12.7 Å². The summed E-state index contributed by atoms with van der Waals surface area (Å²) >= 11 is 0. The lowest BCUT2D eigenvalue weighted by atomic mass is 9.85. The first-order chi connectivity index (χ1) is 7.60. The summed E-state index contributed by atoms with van der Waals surface area (Å²) in [5.41, 5.74) is -0.249. The van der Waals surface area contributed by atoms with Crippen molar-refractivity contribution in [2.24, 2.45) is 5.41 Å². The van der Waals surface area contributed by atoms with Crippen LogP contribution in [-0.4, -0.2) is 67.8 Å². The summed E-state index contributed by atoms with van der Waals surface area (Å²) in [4.78, 5) is 0. The van der Waals surface area contributed by atoms with E-state index in [1.807, 2.05) is 20.8 Å². The highest BCUT2D eigenvalue weighted by molar-refractivity contribution is 4.86. The molecule has 0 aromatic rings. The Kier molecular flexibility index (Phi) is 6.53. The van der Waals surface area contributed by atoms with Crippen LogP contribution in [0.5, 0.6) is 0 Å². The molecule has 0 aliphatic heterocycles. The predicted octanol–water partition coefficient (Wildman–Crippen LogP) is -1.78. The molecule has 0 spiro atoms. The van der Waals surface area contributed by atoms with Gasteiger partial charge in [0, 0.05) is 0 Å². The lowest BCUT2D eigenvalue weighted by molar-refractivity contribution is -0.144. The molecule has 0 aromatic carbocycles. The fourth-order valence-corrected chi connectivity index (χ4v) is 1.51. The van der Waals surface area contributed by atoms with Gasteiger partial charge in [-0.05, 0) is 11.8 Å². The molecule has 104 valence electrons. The van der Waals surface area contributed by atoms with Crippen LogP contribution in [0.2, 0.25) is 0 Å². The Morgan fingerprint density at radius 1 is 0.765 bits per heavy atom. The van der Waals surface area contributed by atoms with Crippen molar-refractivity contribution in [3.8, 4) is 0 Å². The number of rotatable bonds is 6. The van der Waals surface area contributed by atoms with Gasteiger partial charge in [-0.1, -0.05) is 20.8 Å². The highest BCUT2D eigenvalue weighted by atomic mass is 16.4. The molecule has 0 bridgehead atoms. The summed E-state index contributed by atoms with van der Waals surface area (Å²) < 4.78 is 0. The number of aliphatic hydroxyl groups is 6. The molecule has 0 rings (SSSR count). The second-order valence-electron chi connectivity index (χ2n) is 5.55. The second-order valence-corrected chi connectivity index (χ2v) is 5.55. The Bertz CT molecular complexity index is 214. The van der Waals surface area contributed by atoms with E-state index in [4.69, 9.17) is 10.2 Å². The molecule has 0 heterocycles. The first-order valence-corrected chi connectivity index (χ1v) is 5.61. The smallest absolute Gasteiger partial charge is 0.111 e. The maximum atomic E-state index is 9.66. The molecule has 6 heteroatoms. The Balaban J connectivity index is 4.43. The minimum Gasteiger partial charge on any atom is -0.394 e. The van der Waals surface area contributed by atoms with Crippen LogP contribution in [0.15, 0.2) is 0 Å². The number of aliphatic hydroxyl groups excluding tert-OH is 6. The van der Waals surface area contributed by atoms with Gasteiger partial charge in [-0.15, -0.1) is 0 Å². The average Bonchev–Trinajstić information content (AvgIpc) is 2.22. The van der Waals surface area contributed by atoms with Gasteiger partial charge in [0.15, 0.2) is 0 Å². The highest BCUT2D eigenvalue weighted by Gasteiger charge is 2.35. The summed E-state index contributed by atoms with van der Waals surface area (Å²) in [6, 6.07) is 0. The average molecular weight is 252 g/mol. The topological polar surface area (TPSA) is 121 Å². The third-order valence-electron chi connectivity index (χ3n) is 2.50. The Labute approximate surface area is 101 Å². The van der Waals surface area contributed by atoms with Crippen LogP contribution < -0.4 is 0 Å². The van der Waals surface area contributed by atoms with Crippen LogP contribution in [0.3, 0.4) is 0 Å². The van der Waals surface area contributed by atoms with Crippen LogP contribution in [0.25, 0.3) is 0 Å². The van der Waals surface area contributed by atoms with Crippen LogP contribution in [0, 0.1) is 5.41 Å². The number of hydrogen-bond donors (Lipinski definition) is 6. The molecule has 0 saturated carbocycles. The fourth-order valence-electron chi connectivity index (χ4n) is 1.51. The molecule has 0 aliphatic carbocycles. The van der Waals surface area contributed by atoms with Crippen molar-refractivity contribution in [2.45, 2.75) is 57.7 Å². The molecular formula is C11H24O6. The van der Waals surface area contributed by atoms with E-state index in [2.05, 4.69) is 0 Å². The Morgan fingerprint density at radius 2 is 1.18 bits per heavy atom. The molecule has 17 heavy (non-hydrogen) atoms. The van der Waals surface area contributed by atoms with Crippen molar-refractivity contribution in [1.82, 2.24) is 0 Å². The summed E-state index contributed by atoms with van der Waals surface area (Å²) in [5, 5.41) is 55.9. The molecule has 5 atom stereocenters. The highest BCUT2D eigenvalue weighted by Crippen LogP contribution is 2.23. The molecule has 0 saturated heterocycles. The van der Waals surface area contributed by atoms with Crippen molar-refractivity contribution in [1.29, 1.82) is 0 Å². The summed E-state index contributed by atoms with van der Waals surface area (Å²) in [5.74, 6) is 0. The molecule has 0 amide bonds.